The second-order valence-corrected chi connectivity index (χ2v) is 20.5. The molecule has 0 aromatic heterocycles. The van der Waals surface area contributed by atoms with Crippen LogP contribution >= 0.6 is 0 Å². The number of para-hydroxylation sites is 1. The van der Waals surface area contributed by atoms with Gasteiger partial charge in [0.15, 0.2) is 4.90 Å². The summed E-state index contributed by atoms with van der Waals surface area (Å²) >= 11 is 0. The van der Waals surface area contributed by atoms with Crippen LogP contribution in [0.4, 0.5) is 20.1 Å². The zero-order chi connectivity index (χ0) is 46.9. The largest absolute Gasteiger partial charge is 0.466 e. The highest BCUT2D eigenvalue weighted by molar-refractivity contribution is 7.89. The summed E-state index contributed by atoms with van der Waals surface area (Å²) in [6, 6.07) is 2.34. The molecule has 0 spiro atoms. The van der Waals surface area contributed by atoms with Gasteiger partial charge in [-0.25, -0.2) is 22.8 Å². The molecule has 5 N–H and O–H groups in total. The number of rotatable bonds is 17. The molecule has 21 nitrogen and oxygen atoms in total. The summed E-state index contributed by atoms with van der Waals surface area (Å²) in [7, 11) is -4.49. The van der Waals surface area contributed by atoms with Crippen molar-refractivity contribution in [2.45, 2.75) is 165 Å². The summed E-state index contributed by atoms with van der Waals surface area (Å²) in [6.07, 6.45) is -4.00. The number of alkyl carbamates (subject to hydrolysis) is 3. The van der Waals surface area contributed by atoms with Crippen molar-refractivity contribution in [1.29, 1.82) is 0 Å². The number of nitrogens with zero attached hydrogens (tertiary/aromatic N) is 2. The molecule has 0 bridgehead atoms. The van der Waals surface area contributed by atoms with Crippen molar-refractivity contribution in [2.24, 2.45) is 0 Å². The fourth-order valence-corrected chi connectivity index (χ4v) is 8.40. The van der Waals surface area contributed by atoms with Crippen LogP contribution in [-0.4, -0.2) is 133 Å². The van der Waals surface area contributed by atoms with Crippen molar-refractivity contribution < 1.29 is 66.0 Å². The van der Waals surface area contributed by atoms with Crippen LogP contribution in [-0.2, 0) is 43.2 Å². The minimum atomic E-state index is -4.49. The first-order valence-electron chi connectivity index (χ1n) is 21.0. The lowest BCUT2D eigenvalue weighted by Gasteiger charge is -2.43. The van der Waals surface area contributed by atoms with Crippen molar-refractivity contribution in [3.05, 3.63) is 46.2 Å². The number of nitro groups is 1. The predicted molar refractivity (Wildman–Crippen MR) is 226 cm³/mol. The number of hydrogen-bond donors (Lipinski definition) is 5. The molecule has 3 aliphatic rings. The number of hydrogen-bond acceptors (Lipinski definition) is 15. The number of carbonyl (C=O) groups is 4. The molecular weight excluding hydrogens is 849 g/mol. The molecule has 0 radical (unpaired) electrons. The van der Waals surface area contributed by atoms with E-state index in [1.54, 1.807) is 68.4 Å². The van der Waals surface area contributed by atoms with E-state index in [1.807, 2.05) is 0 Å². The standard InChI is InChI=1S/C41H64N6O15S/c1-39(2,3)60-36(50)42-19-18-33(49)43-25-21-29(45-38(52)62-41(7,8)9)34(31(48)22-25)59-35-28(44-37(51)61-40(4,5)6)17-16-26(58-35)23-46(20-12-13-27-24-57-27)63(55,56)32-15-11-10-14-30(32)47(53)54/h10-11,14-16,25,27-29,31,34-35,48H,12-13,17-24H2,1-9H3,(H,42,50)(H,43,49)(H,44,51)(H,45,52)/t25-,27?,28-,29+,31-,34-,35-/m1/s1. The van der Waals surface area contributed by atoms with Crippen LogP contribution in [0.15, 0.2) is 41.0 Å². The molecule has 1 aromatic carbocycles. The maximum Gasteiger partial charge on any atom is 0.408 e. The maximum atomic E-state index is 14.2. The Hall–Kier alpha value is -4.77. The van der Waals surface area contributed by atoms with E-state index >= 15 is 0 Å². The zero-order valence-electron chi connectivity index (χ0n) is 37.5. The van der Waals surface area contributed by atoms with E-state index in [-0.39, 0.29) is 57.2 Å². The molecule has 4 rings (SSSR count). The third kappa shape index (κ3) is 17.0. The molecule has 4 amide bonds. The van der Waals surface area contributed by atoms with E-state index in [9.17, 15) is 42.8 Å². The van der Waals surface area contributed by atoms with Gasteiger partial charge in [-0.3, -0.25) is 14.9 Å². The first-order chi connectivity index (χ1) is 29.2. The van der Waals surface area contributed by atoms with Gasteiger partial charge in [0.05, 0.1) is 42.4 Å². The Morgan fingerprint density at radius 3 is 2.06 bits per heavy atom. The Morgan fingerprint density at radius 1 is 0.889 bits per heavy atom. The number of carbonyl (C=O) groups excluding carboxylic acids is 4. The van der Waals surface area contributed by atoms with Gasteiger partial charge in [0.2, 0.25) is 22.2 Å². The van der Waals surface area contributed by atoms with Gasteiger partial charge in [-0.1, -0.05) is 12.1 Å². The van der Waals surface area contributed by atoms with Crippen LogP contribution in [0.2, 0.25) is 0 Å². The minimum Gasteiger partial charge on any atom is -0.466 e. The van der Waals surface area contributed by atoms with Gasteiger partial charge in [0.25, 0.3) is 5.69 Å². The van der Waals surface area contributed by atoms with Crippen LogP contribution in [0.25, 0.3) is 0 Å². The fourth-order valence-electron chi connectivity index (χ4n) is 6.79. The molecule has 2 fully saturated rings. The highest BCUT2D eigenvalue weighted by Gasteiger charge is 2.44. The van der Waals surface area contributed by atoms with Crippen LogP contribution in [0.1, 0.15) is 101 Å². The summed E-state index contributed by atoms with van der Waals surface area (Å²) in [5, 5.41) is 34.4. The molecule has 22 heteroatoms. The first-order valence-corrected chi connectivity index (χ1v) is 22.4. The molecule has 7 atom stereocenters. The Labute approximate surface area is 368 Å². The Morgan fingerprint density at radius 2 is 1.48 bits per heavy atom. The van der Waals surface area contributed by atoms with Crippen LogP contribution in [0.5, 0.6) is 0 Å². The Bertz CT molecular complexity index is 1920. The molecule has 1 unspecified atom stereocenters. The normalized spacial score (nSPS) is 23.9. The number of amides is 4. The number of epoxide rings is 1. The highest BCUT2D eigenvalue weighted by Crippen LogP contribution is 2.32. The van der Waals surface area contributed by atoms with Gasteiger partial charge >= 0.3 is 18.3 Å². The average Bonchev–Trinajstić information content (AvgIpc) is 3.95. The van der Waals surface area contributed by atoms with Crippen molar-refractivity contribution in [2.75, 3.05) is 26.2 Å². The molecule has 1 saturated heterocycles. The van der Waals surface area contributed by atoms with E-state index in [2.05, 4.69) is 21.3 Å². The van der Waals surface area contributed by atoms with Crippen LogP contribution in [0, 0.1) is 10.1 Å². The number of ether oxygens (including phenoxy) is 6. The van der Waals surface area contributed by atoms with Crippen LogP contribution in [0.3, 0.4) is 0 Å². The van der Waals surface area contributed by atoms with Gasteiger partial charge in [0, 0.05) is 31.6 Å². The number of nitro benzene ring substituents is 1. The van der Waals surface area contributed by atoms with Gasteiger partial charge < -0.3 is 54.8 Å². The van der Waals surface area contributed by atoms with E-state index in [4.69, 9.17) is 28.4 Å². The summed E-state index contributed by atoms with van der Waals surface area (Å²) in [5.74, 6) is -0.366. The van der Waals surface area contributed by atoms with Crippen molar-refractivity contribution >= 4 is 39.9 Å². The average molecular weight is 913 g/mol. The quantitative estimate of drug-likeness (QED) is 0.0636. The first kappa shape index (κ1) is 50.9. The number of benzene rings is 1. The lowest BCUT2D eigenvalue weighted by molar-refractivity contribution is -0.387. The predicted octanol–water partition coefficient (Wildman–Crippen LogP) is 4.12. The second-order valence-electron chi connectivity index (χ2n) is 18.6. The topological polar surface area (TPSA) is 276 Å². The summed E-state index contributed by atoms with van der Waals surface area (Å²) in [5.41, 5.74) is -3.12. The van der Waals surface area contributed by atoms with Crippen molar-refractivity contribution in [3.63, 3.8) is 0 Å². The summed E-state index contributed by atoms with van der Waals surface area (Å²) in [4.78, 5) is 62.0. The van der Waals surface area contributed by atoms with Gasteiger partial charge in [-0.05, 0) is 107 Å². The third-order valence-corrected chi connectivity index (χ3v) is 11.4. The van der Waals surface area contributed by atoms with E-state index < -0.39 is 103 Å². The molecule has 1 aromatic rings. The Kier molecular flexibility index (Phi) is 17.2. The number of nitrogens with one attached hydrogen (secondary N) is 4. The number of aliphatic hydroxyl groups excluding tert-OH is 1. The lowest BCUT2D eigenvalue weighted by atomic mass is 9.85. The van der Waals surface area contributed by atoms with Crippen molar-refractivity contribution in [3.8, 4) is 0 Å². The molecule has 1 aliphatic carbocycles. The molecule has 2 aliphatic heterocycles. The van der Waals surface area contributed by atoms with Crippen molar-refractivity contribution in [1.82, 2.24) is 25.6 Å². The zero-order valence-corrected chi connectivity index (χ0v) is 38.3. The van der Waals surface area contributed by atoms with Gasteiger partial charge in [0.1, 0.15) is 28.7 Å². The van der Waals surface area contributed by atoms with E-state index in [0.717, 1.165) is 16.4 Å². The SMILES string of the molecule is CC(C)(C)OC(=O)NCCC(=O)N[C@H]1C[C@@H](O)[C@H](O[C@H]2OC(CN(CCCC3CO3)S(=O)(=O)c3ccccc3[N+](=O)[O-])=CC[C@H]2NC(=O)OC(C)(C)C)[C@@H](NC(=O)OC(C)(C)C)C1. The third-order valence-electron chi connectivity index (χ3n) is 9.46. The van der Waals surface area contributed by atoms with Gasteiger partial charge in [-0.2, -0.15) is 4.31 Å². The second kappa shape index (κ2) is 21.3. The molecule has 2 heterocycles. The number of aliphatic hydroxyl groups is 1. The maximum absolute atomic E-state index is 14.2. The smallest absolute Gasteiger partial charge is 0.408 e. The summed E-state index contributed by atoms with van der Waals surface area (Å²) in [6.45, 7) is 15.2. The van der Waals surface area contributed by atoms with E-state index in [1.165, 1.54) is 12.1 Å². The lowest BCUT2D eigenvalue weighted by Crippen LogP contribution is -2.61. The van der Waals surface area contributed by atoms with Crippen LogP contribution < -0.4 is 21.3 Å². The molecule has 63 heavy (non-hydrogen) atoms. The number of sulfonamides is 1. The molecule has 1 saturated carbocycles. The van der Waals surface area contributed by atoms with E-state index in [0.29, 0.717) is 19.4 Å². The molecule has 354 valence electrons. The molecular formula is C41H64N6O15S. The highest BCUT2D eigenvalue weighted by atomic mass is 32.2. The van der Waals surface area contributed by atoms with Gasteiger partial charge in [-0.15, -0.1) is 0 Å². The fraction of sp³-hybridized carbons (Fsp3) is 0.707. The summed E-state index contributed by atoms with van der Waals surface area (Å²) < 4.78 is 63.7. The minimum absolute atomic E-state index is 0.0125. The monoisotopic (exact) mass is 912 g/mol. The Balaban J connectivity index is 1.59.